The second-order valence-corrected chi connectivity index (χ2v) is 22.7. The maximum Gasteiger partial charge on any atom is 0.410 e. The van der Waals surface area contributed by atoms with Crippen LogP contribution in [0.1, 0.15) is 83.1 Å². The number of amides is 1. The first-order valence-electron chi connectivity index (χ1n) is 23.9. The van der Waals surface area contributed by atoms with Crippen molar-refractivity contribution >= 4 is 42.7 Å². The van der Waals surface area contributed by atoms with Crippen LogP contribution in [-0.4, -0.2) is 87.7 Å². The third-order valence-corrected chi connectivity index (χ3v) is 17.0. The van der Waals surface area contributed by atoms with Gasteiger partial charge in [-0.15, -0.1) is 0 Å². The average molecular weight is 974 g/mol. The Morgan fingerprint density at radius 2 is 1.04 bits per heavy atom. The van der Waals surface area contributed by atoms with Crippen molar-refractivity contribution in [2.24, 2.45) is 0 Å². The molecule has 0 spiro atoms. The van der Waals surface area contributed by atoms with Gasteiger partial charge in [0.05, 0.1) is 13.2 Å². The van der Waals surface area contributed by atoms with E-state index in [1.165, 1.54) is 20.8 Å². The summed E-state index contributed by atoms with van der Waals surface area (Å²) in [4.78, 5) is 52.3. The largest absolute Gasteiger partial charge is 0.461 e. The van der Waals surface area contributed by atoms with Crippen molar-refractivity contribution in [3.63, 3.8) is 0 Å². The zero-order chi connectivity index (χ0) is 49.9. The van der Waals surface area contributed by atoms with Crippen molar-refractivity contribution in [2.45, 2.75) is 123 Å². The molecule has 1 aliphatic rings. The normalized spacial score (nSPS) is 18.1. The van der Waals surface area contributed by atoms with Gasteiger partial charge in [-0.05, 0) is 56.9 Å². The number of unbranched alkanes of at least 4 members (excludes halogenated alkanes) is 2. The Morgan fingerprint density at radius 3 is 1.57 bits per heavy atom. The Bertz CT molecular complexity index is 2340. The first-order valence-corrected chi connectivity index (χ1v) is 25.8. The quantitative estimate of drug-likeness (QED) is 0.0267. The number of carbonyl (C=O) groups is 4. The number of benzene rings is 5. The second-order valence-electron chi connectivity index (χ2n) is 18.4. The highest BCUT2D eigenvalue weighted by molar-refractivity contribution is 6.99. The van der Waals surface area contributed by atoms with Crippen molar-refractivity contribution < 1.29 is 56.8 Å². The summed E-state index contributed by atoms with van der Waals surface area (Å²) in [5.74, 6) is -1.50. The molecule has 0 unspecified atom stereocenters. The molecule has 13 nitrogen and oxygen atoms in total. The summed E-state index contributed by atoms with van der Waals surface area (Å²) in [5.41, 5.74) is 3.47. The average Bonchev–Trinajstić information content (AvgIpc) is 3.35. The lowest BCUT2D eigenvalue weighted by atomic mass is 9.98. The van der Waals surface area contributed by atoms with E-state index in [0.29, 0.717) is 32.4 Å². The first-order chi connectivity index (χ1) is 33.7. The standard InChI is InChI=1S/C56H67NO12Si/c1-41(58)63-37-46-30-32-47(33-31-46)39-65-55(61)57(36-44-22-12-7-13-23-44)34-20-11-21-35-62-54-53(68-43(3)60)52(64-38-45-24-14-8-15-25-45)51(67-42(2)59)50(69-54)40-66-70(56(4,5)6,48-26-16-9-17-27-48)49-28-18-10-19-29-49/h7-10,12-19,22-33,50-54H,11,20-21,34-40H2,1-6H3/t50-,51+,52-,53+,54+/m0/s1. The zero-order valence-electron chi connectivity index (χ0n) is 41.2. The predicted octanol–water partition coefficient (Wildman–Crippen LogP) is 8.83. The van der Waals surface area contributed by atoms with Crippen LogP contribution in [0.2, 0.25) is 5.04 Å². The van der Waals surface area contributed by atoms with E-state index in [2.05, 4.69) is 45.0 Å². The van der Waals surface area contributed by atoms with Gasteiger partial charge in [0.2, 0.25) is 0 Å². The van der Waals surface area contributed by atoms with E-state index in [1.807, 2.05) is 121 Å². The molecule has 5 atom stereocenters. The van der Waals surface area contributed by atoms with E-state index >= 15 is 0 Å². The molecule has 1 amide bonds. The Balaban J connectivity index is 1.18. The minimum Gasteiger partial charge on any atom is -0.461 e. The molecule has 0 aromatic heterocycles. The fourth-order valence-electron chi connectivity index (χ4n) is 8.70. The lowest BCUT2D eigenvalue weighted by Gasteiger charge is -2.47. The van der Waals surface area contributed by atoms with Crippen LogP contribution in [0.4, 0.5) is 4.79 Å². The van der Waals surface area contributed by atoms with Crippen molar-refractivity contribution in [1.29, 1.82) is 0 Å². The molecular weight excluding hydrogens is 907 g/mol. The zero-order valence-corrected chi connectivity index (χ0v) is 42.2. The van der Waals surface area contributed by atoms with Crippen LogP contribution < -0.4 is 10.4 Å². The topological polar surface area (TPSA) is 145 Å². The van der Waals surface area contributed by atoms with Gasteiger partial charge < -0.3 is 42.5 Å². The number of nitrogens with zero attached hydrogens (tertiary/aromatic N) is 1. The van der Waals surface area contributed by atoms with E-state index in [9.17, 15) is 19.2 Å². The summed E-state index contributed by atoms with van der Waals surface area (Å²) in [7, 11) is -3.11. The van der Waals surface area contributed by atoms with Crippen molar-refractivity contribution in [2.75, 3.05) is 19.8 Å². The van der Waals surface area contributed by atoms with Crippen LogP contribution in [0.15, 0.2) is 146 Å². The highest BCUT2D eigenvalue weighted by atomic mass is 28.4. The summed E-state index contributed by atoms with van der Waals surface area (Å²) < 4.78 is 50.1. The summed E-state index contributed by atoms with van der Waals surface area (Å²) >= 11 is 0. The van der Waals surface area contributed by atoms with Gasteiger partial charge in [0.15, 0.2) is 18.5 Å². The Labute approximate surface area is 413 Å². The monoisotopic (exact) mass is 973 g/mol. The Kier molecular flexibility index (Phi) is 19.9. The molecule has 0 aliphatic carbocycles. The van der Waals surface area contributed by atoms with E-state index in [1.54, 1.807) is 4.90 Å². The Hall–Kier alpha value is -6.16. The highest BCUT2D eigenvalue weighted by Gasteiger charge is 2.54. The van der Waals surface area contributed by atoms with Gasteiger partial charge in [-0.1, -0.05) is 166 Å². The highest BCUT2D eigenvalue weighted by Crippen LogP contribution is 2.38. The molecule has 1 fully saturated rings. The van der Waals surface area contributed by atoms with Crippen LogP contribution in [0.3, 0.4) is 0 Å². The lowest BCUT2D eigenvalue weighted by Crippen LogP contribution is -2.68. The summed E-state index contributed by atoms with van der Waals surface area (Å²) in [6.07, 6.45) is -3.74. The molecule has 1 heterocycles. The van der Waals surface area contributed by atoms with Crippen LogP contribution in [0.5, 0.6) is 0 Å². The molecule has 0 saturated carbocycles. The van der Waals surface area contributed by atoms with Crippen molar-refractivity contribution in [3.8, 4) is 0 Å². The molecule has 6 rings (SSSR count). The first kappa shape index (κ1) is 53.2. The molecule has 0 radical (unpaired) electrons. The predicted molar refractivity (Wildman–Crippen MR) is 267 cm³/mol. The smallest absolute Gasteiger partial charge is 0.410 e. The summed E-state index contributed by atoms with van der Waals surface area (Å²) in [5, 5.41) is 1.76. The third kappa shape index (κ3) is 15.2. The molecule has 1 aliphatic heterocycles. The lowest BCUT2D eigenvalue weighted by molar-refractivity contribution is -0.312. The van der Waals surface area contributed by atoms with Crippen molar-refractivity contribution in [1.82, 2.24) is 4.90 Å². The number of hydrogen-bond donors (Lipinski definition) is 0. The molecule has 70 heavy (non-hydrogen) atoms. The fraction of sp³-hybridized carbons (Fsp3) is 0.393. The van der Waals surface area contributed by atoms with Gasteiger partial charge in [0, 0.05) is 40.5 Å². The molecule has 372 valence electrons. The van der Waals surface area contributed by atoms with Gasteiger partial charge in [-0.2, -0.15) is 0 Å². The summed E-state index contributed by atoms with van der Waals surface area (Å²) in [6, 6.07) is 47.1. The van der Waals surface area contributed by atoms with E-state index < -0.39 is 57.1 Å². The van der Waals surface area contributed by atoms with Crippen LogP contribution in [0.25, 0.3) is 0 Å². The molecule has 14 heteroatoms. The van der Waals surface area contributed by atoms with E-state index in [4.69, 9.17) is 37.6 Å². The van der Waals surface area contributed by atoms with Gasteiger partial charge in [-0.3, -0.25) is 14.4 Å². The number of hydrogen-bond acceptors (Lipinski definition) is 12. The summed E-state index contributed by atoms with van der Waals surface area (Å²) in [6.45, 7) is 11.9. The molecule has 1 saturated heterocycles. The van der Waals surface area contributed by atoms with E-state index in [0.717, 1.165) is 32.6 Å². The molecular formula is C56H67NO12Si. The molecule has 0 bridgehead atoms. The minimum absolute atomic E-state index is 0.00217. The van der Waals surface area contributed by atoms with E-state index in [-0.39, 0.29) is 44.0 Å². The Morgan fingerprint density at radius 1 is 0.543 bits per heavy atom. The van der Waals surface area contributed by atoms with Crippen molar-refractivity contribution in [3.05, 3.63) is 168 Å². The van der Waals surface area contributed by atoms with Gasteiger partial charge >= 0.3 is 24.0 Å². The van der Waals surface area contributed by atoms with Gasteiger partial charge in [0.25, 0.3) is 8.32 Å². The third-order valence-electron chi connectivity index (χ3n) is 12.0. The molecule has 0 N–H and O–H groups in total. The molecule has 5 aromatic rings. The number of ether oxygens (including phenoxy) is 7. The fourth-order valence-corrected chi connectivity index (χ4v) is 13.3. The molecule has 5 aromatic carbocycles. The number of esters is 3. The van der Waals surface area contributed by atoms with Gasteiger partial charge in [0.1, 0.15) is 25.4 Å². The SMILES string of the molecule is CC(=O)OCc1ccc(COC(=O)N(CCCCCO[C@@H]2O[C@@H](CO[Si](c3ccccc3)(c3ccccc3)C(C)(C)C)[C@@H](OC(C)=O)[C@H](OCc3ccccc3)[C@H]2OC(C)=O)Cc2ccccc2)cc1. The maximum atomic E-state index is 13.6. The number of rotatable bonds is 23. The van der Waals surface area contributed by atoms with Crippen LogP contribution in [0, 0.1) is 0 Å². The maximum absolute atomic E-state index is 13.6. The van der Waals surface area contributed by atoms with Crippen LogP contribution in [-0.2, 0) is 78.3 Å². The van der Waals surface area contributed by atoms with Crippen LogP contribution >= 0.6 is 0 Å². The number of carbonyl (C=O) groups excluding carboxylic acids is 4. The second kappa shape index (κ2) is 26.2. The minimum atomic E-state index is -3.11. The van der Waals surface area contributed by atoms with Gasteiger partial charge in [-0.25, -0.2) is 4.79 Å².